The minimum absolute atomic E-state index is 0.0474. The van der Waals surface area contributed by atoms with E-state index in [0.717, 1.165) is 44.3 Å². The van der Waals surface area contributed by atoms with Gasteiger partial charge in [-0.1, -0.05) is 17.7 Å². The Morgan fingerprint density at radius 3 is 2.58 bits per heavy atom. The van der Waals surface area contributed by atoms with E-state index in [0.29, 0.717) is 6.54 Å². The van der Waals surface area contributed by atoms with Gasteiger partial charge in [0.1, 0.15) is 5.82 Å². The third-order valence-corrected chi connectivity index (χ3v) is 5.63. The van der Waals surface area contributed by atoms with E-state index >= 15 is 0 Å². The number of carbonyl (C=O) groups excluding carboxylic acids is 1. The molecule has 2 aromatic rings. The van der Waals surface area contributed by atoms with Crippen LogP contribution in [-0.4, -0.2) is 63.9 Å². The molecule has 0 saturated carbocycles. The number of rotatable bonds is 6. The fraction of sp³-hybridized carbons (Fsp3) is 0.474. The van der Waals surface area contributed by atoms with Crippen LogP contribution in [0.5, 0.6) is 0 Å². The smallest absolute Gasteiger partial charge is 0.317 e. The molecule has 1 aromatic carbocycles. The third kappa shape index (κ3) is 5.25. The molecule has 0 unspecified atom stereocenters. The van der Waals surface area contributed by atoms with Crippen molar-refractivity contribution < 1.29 is 4.79 Å². The number of amides is 2. The first kappa shape index (κ1) is 18.8. The van der Waals surface area contributed by atoms with E-state index in [1.54, 1.807) is 11.8 Å². The number of piperazine rings is 1. The van der Waals surface area contributed by atoms with Gasteiger partial charge in [-0.05, 0) is 19.1 Å². The van der Waals surface area contributed by atoms with Crippen molar-refractivity contribution in [2.24, 2.45) is 7.05 Å². The second-order valence-corrected chi connectivity index (χ2v) is 7.78. The van der Waals surface area contributed by atoms with Gasteiger partial charge in [0.2, 0.25) is 0 Å². The van der Waals surface area contributed by atoms with Gasteiger partial charge in [0.15, 0.2) is 0 Å². The maximum absolute atomic E-state index is 12.3. The van der Waals surface area contributed by atoms with Crippen LogP contribution in [0.2, 0.25) is 0 Å². The van der Waals surface area contributed by atoms with Crippen molar-refractivity contribution >= 4 is 17.8 Å². The third-order valence-electron chi connectivity index (χ3n) is 4.61. The molecule has 1 fully saturated rings. The second-order valence-electron chi connectivity index (χ2n) is 6.61. The topological polar surface area (TPSA) is 53.4 Å². The van der Waals surface area contributed by atoms with Crippen LogP contribution in [0.25, 0.3) is 0 Å². The van der Waals surface area contributed by atoms with Gasteiger partial charge in [-0.15, -0.1) is 11.8 Å². The highest BCUT2D eigenvalue weighted by Crippen LogP contribution is 2.17. The number of hydrogen-bond acceptors (Lipinski definition) is 4. The number of nitrogens with one attached hydrogen (secondary N) is 1. The lowest BCUT2D eigenvalue weighted by Gasteiger charge is -2.34. The first-order valence-corrected chi connectivity index (χ1v) is 10.0. The Labute approximate surface area is 159 Å². The van der Waals surface area contributed by atoms with E-state index in [2.05, 4.69) is 46.4 Å². The molecule has 0 bridgehead atoms. The molecule has 6 nitrogen and oxygen atoms in total. The van der Waals surface area contributed by atoms with Crippen LogP contribution in [0.15, 0.2) is 41.6 Å². The summed E-state index contributed by atoms with van der Waals surface area (Å²) in [5, 5.41) is 3.03. The molecular weight excluding hydrogens is 346 g/mol. The Morgan fingerprint density at radius 1 is 1.19 bits per heavy atom. The number of urea groups is 1. The monoisotopic (exact) mass is 373 g/mol. The molecule has 3 rings (SSSR count). The Hall–Kier alpha value is -1.99. The second kappa shape index (κ2) is 9.09. The van der Waals surface area contributed by atoms with Gasteiger partial charge < -0.3 is 14.8 Å². The van der Waals surface area contributed by atoms with Crippen molar-refractivity contribution in [2.45, 2.75) is 18.4 Å². The molecule has 140 valence electrons. The minimum atomic E-state index is 0.0474. The molecular formula is C19H27N5OS. The number of nitrogens with zero attached hydrogens (tertiary/aromatic N) is 4. The summed E-state index contributed by atoms with van der Waals surface area (Å²) in [6, 6.07) is 8.54. The molecule has 0 radical (unpaired) electrons. The fourth-order valence-corrected chi connectivity index (χ4v) is 3.70. The average molecular weight is 374 g/mol. The Morgan fingerprint density at radius 2 is 1.92 bits per heavy atom. The van der Waals surface area contributed by atoms with Gasteiger partial charge >= 0.3 is 6.03 Å². The highest BCUT2D eigenvalue weighted by Gasteiger charge is 2.21. The van der Waals surface area contributed by atoms with Crippen LogP contribution >= 0.6 is 11.8 Å². The highest BCUT2D eigenvalue weighted by molar-refractivity contribution is 7.99. The predicted octanol–water partition coefficient (Wildman–Crippen LogP) is 2.35. The van der Waals surface area contributed by atoms with E-state index in [1.807, 2.05) is 28.9 Å². The standard InChI is InChI=1S/C19H27N5OS/c1-16-3-5-17(6-4-16)26-14-8-21-19(25)24-12-10-23(11-13-24)15-18-20-7-9-22(18)2/h3-7,9H,8,10-15H2,1-2H3,(H,21,25). The Kier molecular flexibility index (Phi) is 6.57. The average Bonchev–Trinajstić information content (AvgIpc) is 3.05. The van der Waals surface area contributed by atoms with Crippen LogP contribution in [0.4, 0.5) is 4.79 Å². The van der Waals surface area contributed by atoms with Crippen LogP contribution in [-0.2, 0) is 13.6 Å². The zero-order valence-electron chi connectivity index (χ0n) is 15.5. The number of carbonyl (C=O) groups is 1. The Bertz CT molecular complexity index is 707. The zero-order chi connectivity index (χ0) is 18.4. The summed E-state index contributed by atoms with van der Waals surface area (Å²) in [4.78, 5) is 22.2. The molecule has 1 aromatic heterocycles. The number of imidazole rings is 1. The molecule has 2 amide bonds. The lowest BCUT2D eigenvalue weighted by molar-refractivity contribution is 0.133. The predicted molar refractivity (Wildman–Crippen MR) is 105 cm³/mol. The van der Waals surface area contributed by atoms with Crippen LogP contribution in [0.1, 0.15) is 11.4 Å². The van der Waals surface area contributed by atoms with Crippen molar-refractivity contribution in [3.63, 3.8) is 0 Å². The molecule has 1 N–H and O–H groups in total. The number of thioether (sulfide) groups is 1. The van der Waals surface area contributed by atoms with Gasteiger partial charge in [0.25, 0.3) is 0 Å². The van der Waals surface area contributed by atoms with Gasteiger partial charge in [-0.25, -0.2) is 9.78 Å². The summed E-state index contributed by atoms with van der Waals surface area (Å²) >= 11 is 1.77. The molecule has 0 atom stereocenters. The summed E-state index contributed by atoms with van der Waals surface area (Å²) in [5.41, 5.74) is 1.27. The summed E-state index contributed by atoms with van der Waals surface area (Å²) in [6.07, 6.45) is 3.79. The van der Waals surface area contributed by atoms with Crippen molar-refractivity contribution in [1.82, 2.24) is 24.7 Å². The largest absolute Gasteiger partial charge is 0.337 e. The van der Waals surface area contributed by atoms with E-state index in [1.165, 1.54) is 10.5 Å². The van der Waals surface area contributed by atoms with E-state index in [4.69, 9.17) is 0 Å². The number of aromatic nitrogens is 2. The van der Waals surface area contributed by atoms with Crippen LogP contribution in [0.3, 0.4) is 0 Å². The lowest BCUT2D eigenvalue weighted by Crippen LogP contribution is -2.51. The maximum Gasteiger partial charge on any atom is 0.317 e. The van der Waals surface area contributed by atoms with Crippen molar-refractivity contribution in [1.29, 1.82) is 0 Å². The maximum atomic E-state index is 12.3. The van der Waals surface area contributed by atoms with Gasteiger partial charge in [0.05, 0.1) is 6.54 Å². The lowest BCUT2D eigenvalue weighted by atomic mass is 10.2. The molecule has 1 aliphatic heterocycles. The van der Waals surface area contributed by atoms with E-state index in [9.17, 15) is 4.79 Å². The van der Waals surface area contributed by atoms with Crippen LogP contribution < -0.4 is 5.32 Å². The van der Waals surface area contributed by atoms with Crippen molar-refractivity contribution in [3.05, 3.63) is 48.0 Å². The molecule has 7 heteroatoms. The first-order valence-electron chi connectivity index (χ1n) is 9.02. The summed E-state index contributed by atoms with van der Waals surface area (Å²) in [6.45, 7) is 6.92. The fourth-order valence-electron chi connectivity index (χ4n) is 2.93. The van der Waals surface area contributed by atoms with Crippen molar-refractivity contribution in [2.75, 3.05) is 38.5 Å². The molecule has 1 aliphatic rings. The quantitative estimate of drug-likeness (QED) is 0.624. The van der Waals surface area contributed by atoms with Gasteiger partial charge in [-0.3, -0.25) is 4.90 Å². The SMILES string of the molecule is Cc1ccc(SCCNC(=O)N2CCN(Cc3nccn3C)CC2)cc1. The van der Waals surface area contributed by atoms with Crippen LogP contribution in [0, 0.1) is 6.92 Å². The van der Waals surface area contributed by atoms with E-state index < -0.39 is 0 Å². The summed E-state index contributed by atoms with van der Waals surface area (Å²) in [7, 11) is 2.01. The first-order chi connectivity index (χ1) is 12.6. The number of benzene rings is 1. The Balaban J connectivity index is 1.33. The molecule has 0 aliphatic carbocycles. The zero-order valence-corrected chi connectivity index (χ0v) is 16.3. The van der Waals surface area contributed by atoms with E-state index in [-0.39, 0.29) is 6.03 Å². The van der Waals surface area contributed by atoms with Gasteiger partial charge in [-0.2, -0.15) is 0 Å². The highest BCUT2D eigenvalue weighted by atomic mass is 32.2. The molecule has 2 heterocycles. The number of hydrogen-bond donors (Lipinski definition) is 1. The number of aryl methyl sites for hydroxylation is 2. The summed E-state index contributed by atoms with van der Waals surface area (Å²) < 4.78 is 2.05. The molecule has 1 saturated heterocycles. The summed E-state index contributed by atoms with van der Waals surface area (Å²) in [5.74, 6) is 1.95. The minimum Gasteiger partial charge on any atom is -0.337 e. The van der Waals surface area contributed by atoms with Crippen molar-refractivity contribution in [3.8, 4) is 0 Å². The van der Waals surface area contributed by atoms with Gasteiger partial charge in [0, 0.05) is 62.8 Å². The molecule has 26 heavy (non-hydrogen) atoms. The molecule has 0 spiro atoms. The normalized spacial score (nSPS) is 15.2.